The third kappa shape index (κ3) is 2.39. The van der Waals surface area contributed by atoms with E-state index in [4.69, 9.17) is 14.8 Å². The minimum atomic E-state index is -0.521. The van der Waals surface area contributed by atoms with Crippen molar-refractivity contribution in [3.63, 3.8) is 0 Å². The largest absolute Gasteiger partial charge is 0.380 e. The molecule has 2 fully saturated rings. The van der Waals surface area contributed by atoms with Gasteiger partial charge in [-0.25, -0.2) is 0 Å². The second-order valence-electron chi connectivity index (χ2n) is 9.21. The van der Waals surface area contributed by atoms with Gasteiger partial charge < -0.3 is 15.4 Å². The average molecular weight is 406 g/mol. The summed E-state index contributed by atoms with van der Waals surface area (Å²) in [5, 5.41) is 13.5. The number of amidine groups is 1. The van der Waals surface area contributed by atoms with E-state index in [-0.39, 0.29) is 16.0 Å². The number of fused-ring (bicyclic) bond motifs is 2. The van der Waals surface area contributed by atoms with Gasteiger partial charge in [-0.05, 0) is 47.8 Å². The molecule has 0 aromatic heterocycles. The van der Waals surface area contributed by atoms with E-state index in [0.717, 1.165) is 55.5 Å². The van der Waals surface area contributed by atoms with Crippen LogP contribution in [0.25, 0.3) is 0 Å². The molecule has 0 saturated carbocycles. The molecule has 9 heteroatoms. The number of aliphatic imine (C=N–C) groups is 2. The van der Waals surface area contributed by atoms with Crippen LogP contribution in [0.5, 0.6) is 0 Å². The molecule has 0 radical (unpaired) electrons. The zero-order valence-electron chi connectivity index (χ0n) is 17.1. The first-order chi connectivity index (χ1) is 14.4. The zero-order valence-corrected chi connectivity index (χ0v) is 17.1. The molecule has 154 valence electrons. The number of anilines is 2. The minimum Gasteiger partial charge on any atom is -0.380 e. The number of nitrogens with zero attached hydrogens (tertiary/aromatic N) is 5. The number of quaternary nitrogens is 1. The van der Waals surface area contributed by atoms with Crippen LogP contribution in [-0.2, 0) is 14.9 Å². The number of hydrogen-bond donors (Lipinski definition) is 2. The van der Waals surface area contributed by atoms with Crippen molar-refractivity contribution in [3.05, 3.63) is 36.2 Å². The van der Waals surface area contributed by atoms with Gasteiger partial charge in [0, 0.05) is 16.8 Å². The van der Waals surface area contributed by atoms with Crippen molar-refractivity contribution in [3.8, 4) is 0 Å². The van der Waals surface area contributed by atoms with Gasteiger partial charge in [-0.2, -0.15) is 0 Å². The average Bonchev–Trinajstić information content (AvgIpc) is 3.35. The van der Waals surface area contributed by atoms with Crippen molar-refractivity contribution < 1.29 is 14.2 Å². The van der Waals surface area contributed by atoms with E-state index in [9.17, 15) is 4.79 Å². The molecule has 9 nitrogen and oxygen atoms in total. The highest BCUT2D eigenvalue weighted by Crippen LogP contribution is 2.42. The van der Waals surface area contributed by atoms with Gasteiger partial charge in [-0.15, -0.1) is 10.0 Å². The summed E-state index contributed by atoms with van der Waals surface area (Å²) in [6.45, 7) is 7.35. The lowest BCUT2D eigenvalue weighted by Gasteiger charge is -2.39. The van der Waals surface area contributed by atoms with Gasteiger partial charge in [0.25, 0.3) is 5.96 Å². The van der Waals surface area contributed by atoms with Gasteiger partial charge in [0.15, 0.2) is 6.20 Å². The Morgan fingerprint density at radius 3 is 2.93 bits per heavy atom. The quantitative estimate of drug-likeness (QED) is 0.736. The Bertz CT molecular complexity index is 1080. The van der Waals surface area contributed by atoms with E-state index >= 15 is 0 Å². The molecule has 1 aromatic carbocycles. The Morgan fingerprint density at radius 2 is 2.17 bits per heavy atom. The summed E-state index contributed by atoms with van der Waals surface area (Å²) in [7, 11) is 0. The van der Waals surface area contributed by atoms with Crippen LogP contribution in [0, 0.1) is 5.41 Å². The number of rotatable bonds is 2. The van der Waals surface area contributed by atoms with Crippen molar-refractivity contribution in [2.75, 3.05) is 36.9 Å². The predicted octanol–water partition coefficient (Wildman–Crippen LogP) is 2.02. The number of carbonyl (C=O) groups excluding carboxylic acids is 1. The lowest BCUT2D eigenvalue weighted by molar-refractivity contribution is -0.916. The summed E-state index contributed by atoms with van der Waals surface area (Å²) < 4.78 is 5.69. The zero-order chi connectivity index (χ0) is 20.6. The highest BCUT2D eigenvalue weighted by Gasteiger charge is 2.55. The number of benzene rings is 1. The van der Waals surface area contributed by atoms with Crippen LogP contribution in [0.1, 0.15) is 25.8 Å². The number of guanidine groups is 1. The van der Waals surface area contributed by atoms with Gasteiger partial charge in [0.2, 0.25) is 5.91 Å². The SMILES string of the molecule is CC1(C)C(=O)Nc2cc(NC3=N[N+]4(N5CCC6(COC6)C5)C=CN=CC4=N3)ccc21. The standard InChI is InChI=1S/C21H23N7O2/c1-20(2)15-4-3-14(9-16(15)24-18(20)29)23-19-25-17-10-22-6-8-28(17,26-19)27-7-5-21(11-27)12-30-13-21/h3-4,6,8-10H,5,7,11-13H2,1-2H3,(H-,23,24,26,29)/p+1. The van der Waals surface area contributed by atoms with Crippen LogP contribution in [0.3, 0.4) is 0 Å². The maximum absolute atomic E-state index is 12.2. The van der Waals surface area contributed by atoms with Crippen LogP contribution in [0.4, 0.5) is 11.4 Å². The van der Waals surface area contributed by atoms with Gasteiger partial charge >= 0.3 is 5.84 Å². The summed E-state index contributed by atoms with van der Waals surface area (Å²) in [5.41, 5.74) is 2.39. The summed E-state index contributed by atoms with van der Waals surface area (Å²) in [6.07, 6.45) is 6.62. The maximum Gasteiger partial charge on any atom is 0.301 e. The van der Waals surface area contributed by atoms with Gasteiger partial charge in [0.1, 0.15) is 6.21 Å². The van der Waals surface area contributed by atoms with Crippen LogP contribution in [0.2, 0.25) is 0 Å². The van der Waals surface area contributed by atoms with Crippen molar-refractivity contribution >= 4 is 35.3 Å². The molecule has 2 saturated heterocycles. The normalized spacial score (nSPS) is 29.9. The Kier molecular flexibility index (Phi) is 3.49. The van der Waals surface area contributed by atoms with Gasteiger partial charge in [-0.1, -0.05) is 6.07 Å². The molecule has 0 bridgehead atoms. The van der Waals surface area contributed by atoms with Crippen molar-refractivity contribution in [2.45, 2.75) is 25.7 Å². The fourth-order valence-electron chi connectivity index (χ4n) is 4.82. The lowest BCUT2D eigenvalue weighted by Crippen LogP contribution is -2.57. The number of nitrogens with one attached hydrogen (secondary N) is 2. The molecule has 1 unspecified atom stereocenters. The van der Waals surface area contributed by atoms with Crippen molar-refractivity contribution in [1.29, 1.82) is 0 Å². The maximum atomic E-state index is 12.2. The molecule has 0 aliphatic carbocycles. The minimum absolute atomic E-state index is 0.0130. The Balaban J connectivity index is 1.29. The smallest absolute Gasteiger partial charge is 0.301 e. The van der Waals surface area contributed by atoms with Crippen LogP contribution in [-0.4, -0.2) is 59.9 Å². The number of hydrogen-bond acceptors (Lipinski definition) is 7. The molecular weight excluding hydrogens is 382 g/mol. The molecule has 5 heterocycles. The molecule has 1 atom stereocenters. The van der Waals surface area contributed by atoms with Gasteiger partial charge in [-0.3, -0.25) is 9.79 Å². The van der Waals surface area contributed by atoms with E-state index in [2.05, 4.69) is 20.6 Å². The molecule has 6 rings (SSSR count). The molecule has 1 amide bonds. The Labute approximate surface area is 174 Å². The third-order valence-electron chi connectivity index (χ3n) is 6.79. The fourth-order valence-corrected chi connectivity index (χ4v) is 4.82. The van der Waals surface area contributed by atoms with E-state index in [1.165, 1.54) is 0 Å². The number of carbonyl (C=O) groups is 1. The first kappa shape index (κ1) is 17.9. The Morgan fingerprint density at radius 1 is 1.30 bits per heavy atom. The number of amides is 1. The summed E-state index contributed by atoms with van der Waals surface area (Å²) >= 11 is 0. The summed E-state index contributed by atoms with van der Waals surface area (Å²) in [4.78, 5) is 21.2. The third-order valence-corrected chi connectivity index (χ3v) is 6.79. The molecule has 1 aromatic rings. The monoisotopic (exact) mass is 406 g/mol. The van der Waals surface area contributed by atoms with Crippen molar-refractivity contribution in [2.24, 2.45) is 20.5 Å². The van der Waals surface area contributed by atoms with E-state index in [1.54, 1.807) is 12.4 Å². The first-order valence-corrected chi connectivity index (χ1v) is 10.3. The second kappa shape index (κ2) is 5.84. The molecule has 5 aliphatic heterocycles. The molecular formula is C21H24N7O2+. The van der Waals surface area contributed by atoms with E-state index < -0.39 is 5.41 Å². The van der Waals surface area contributed by atoms with Crippen molar-refractivity contribution in [1.82, 2.24) is 5.01 Å². The molecule has 5 aliphatic rings. The predicted molar refractivity (Wildman–Crippen MR) is 114 cm³/mol. The van der Waals surface area contributed by atoms with Crippen LogP contribution < -0.4 is 10.6 Å². The molecule has 2 N–H and O–H groups in total. The topological polar surface area (TPSA) is 90.7 Å². The summed E-state index contributed by atoms with van der Waals surface area (Å²) in [6, 6.07) is 5.89. The second-order valence-corrected chi connectivity index (χ2v) is 9.21. The first-order valence-electron chi connectivity index (χ1n) is 10.3. The van der Waals surface area contributed by atoms with E-state index in [0.29, 0.717) is 5.96 Å². The van der Waals surface area contributed by atoms with Gasteiger partial charge in [0.05, 0.1) is 37.9 Å². The molecule has 30 heavy (non-hydrogen) atoms. The lowest BCUT2D eigenvalue weighted by atomic mass is 9.85. The van der Waals surface area contributed by atoms with Crippen LogP contribution in [0.15, 0.2) is 45.7 Å². The number of ether oxygens (including phenoxy) is 1. The highest BCUT2D eigenvalue weighted by atomic mass is 16.5. The molecule has 1 spiro atoms. The van der Waals surface area contributed by atoms with E-state index in [1.807, 2.05) is 38.2 Å². The Hall–Kier alpha value is -2.88. The highest BCUT2D eigenvalue weighted by molar-refractivity contribution is 6.30. The summed E-state index contributed by atoms with van der Waals surface area (Å²) in [5.74, 6) is 1.31. The van der Waals surface area contributed by atoms with Crippen LogP contribution >= 0.6 is 0 Å². The fraction of sp³-hybridized carbons (Fsp3) is 0.429.